The summed E-state index contributed by atoms with van der Waals surface area (Å²) in [5.74, 6) is 0.830. The van der Waals surface area contributed by atoms with E-state index in [0.717, 1.165) is 12.5 Å². The van der Waals surface area contributed by atoms with Crippen LogP contribution in [0.3, 0.4) is 0 Å². The third kappa shape index (κ3) is 3.55. The molecule has 4 rings (SSSR count). The van der Waals surface area contributed by atoms with Gasteiger partial charge in [0, 0.05) is 13.1 Å². The quantitative estimate of drug-likeness (QED) is 0.567. The number of hydrogen-bond donors (Lipinski definition) is 0. The monoisotopic (exact) mass is 433 g/mol. The van der Waals surface area contributed by atoms with Gasteiger partial charge in [0.05, 0.1) is 0 Å². The zero-order valence-electron chi connectivity index (χ0n) is 14.4. The van der Waals surface area contributed by atoms with Gasteiger partial charge in [-0.25, -0.2) is 0 Å². The van der Waals surface area contributed by atoms with Crippen LogP contribution in [0.2, 0.25) is 0 Å². The van der Waals surface area contributed by atoms with Gasteiger partial charge in [-0.05, 0) is 54.7 Å². The molecule has 2 atom stereocenters. The van der Waals surface area contributed by atoms with Crippen molar-refractivity contribution in [3.8, 4) is 0 Å². The summed E-state index contributed by atoms with van der Waals surface area (Å²) >= 11 is 0. The van der Waals surface area contributed by atoms with Crippen LogP contribution >= 0.6 is 24.0 Å². The zero-order chi connectivity index (χ0) is 15.5. The molecular weight excluding hydrogens is 405 g/mol. The molecule has 0 spiro atoms. The molecule has 2 aromatic rings. The Labute approximate surface area is 163 Å². The maximum absolute atomic E-state index is 2.70. The predicted molar refractivity (Wildman–Crippen MR) is 112 cm³/mol. The van der Waals surface area contributed by atoms with Gasteiger partial charge in [0.25, 0.3) is 0 Å². The lowest BCUT2D eigenvalue weighted by Crippen LogP contribution is -2.35. The van der Waals surface area contributed by atoms with Crippen molar-refractivity contribution in [3.63, 3.8) is 0 Å². The molecule has 1 aliphatic heterocycles. The van der Waals surface area contributed by atoms with Gasteiger partial charge < -0.3 is 0 Å². The Morgan fingerprint density at radius 2 is 1.54 bits per heavy atom. The second kappa shape index (κ2) is 8.01. The Balaban J connectivity index is 0.00000169. The van der Waals surface area contributed by atoms with Gasteiger partial charge >= 0.3 is 0 Å². The molecule has 0 amide bonds. The van der Waals surface area contributed by atoms with Crippen LogP contribution in [0, 0.1) is 5.92 Å². The number of hydrogen-bond acceptors (Lipinski definition) is 1. The van der Waals surface area contributed by atoms with Crippen molar-refractivity contribution in [3.05, 3.63) is 71.8 Å². The number of rotatable bonds is 3. The van der Waals surface area contributed by atoms with E-state index in [4.69, 9.17) is 0 Å². The van der Waals surface area contributed by atoms with Crippen LogP contribution in [0.1, 0.15) is 43.2 Å². The van der Waals surface area contributed by atoms with Crippen LogP contribution in [0.25, 0.3) is 0 Å². The van der Waals surface area contributed by atoms with E-state index in [2.05, 4.69) is 65.6 Å². The van der Waals surface area contributed by atoms with E-state index in [-0.39, 0.29) is 24.0 Å². The summed E-state index contributed by atoms with van der Waals surface area (Å²) in [6.45, 7) is 3.63. The molecule has 1 saturated heterocycles. The molecule has 2 aromatic carbocycles. The van der Waals surface area contributed by atoms with Crippen molar-refractivity contribution in [2.45, 2.75) is 44.1 Å². The fourth-order valence-electron chi connectivity index (χ4n) is 5.04. The standard InChI is InChI=1S/C22H27N.HI/c1-3-9-19(10-4-1)17-23-16-8-15-22(14-7-13-21(22)18-23)20-11-5-2-6-12-20;/h1-6,9-12,21H,7-8,13-18H2;1H. The van der Waals surface area contributed by atoms with Crippen LogP contribution in [-0.2, 0) is 12.0 Å². The van der Waals surface area contributed by atoms with Gasteiger partial charge in [-0.3, -0.25) is 4.90 Å². The summed E-state index contributed by atoms with van der Waals surface area (Å²) in [4.78, 5) is 2.70. The Kier molecular flexibility index (Phi) is 5.98. The molecule has 0 N–H and O–H groups in total. The number of likely N-dealkylation sites (tertiary alicyclic amines) is 1. The van der Waals surface area contributed by atoms with Gasteiger partial charge in [-0.1, -0.05) is 67.1 Å². The van der Waals surface area contributed by atoms with Crippen LogP contribution in [0.4, 0.5) is 0 Å². The highest BCUT2D eigenvalue weighted by Gasteiger charge is 2.45. The van der Waals surface area contributed by atoms with Gasteiger partial charge in [-0.15, -0.1) is 24.0 Å². The molecule has 1 heterocycles. The highest BCUT2D eigenvalue weighted by atomic mass is 127. The fourth-order valence-corrected chi connectivity index (χ4v) is 5.04. The Morgan fingerprint density at radius 1 is 0.875 bits per heavy atom. The highest BCUT2D eigenvalue weighted by Crippen LogP contribution is 2.50. The van der Waals surface area contributed by atoms with Crippen LogP contribution in [0.5, 0.6) is 0 Å². The Hall–Kier alpha value is -0.870. The molecule has 1 aliphatic carbocycles. The first kappa shape index (κ1) is 17.9. The van der Waals surface area contributed by atoms with E-state index in [9.17, 15) is 0 Å². The second-order valence-corrected chi connectivity index (χ2v) is 7.44. The molecule has 1 saturated carbocycles. The Morgan fingerprint density at radius 3 is 2.29 bits per heavy atom. The number of benzene rings is 2. The zero-order valence-corrected chi connectivity index (χ0v) is 16.7. The van der Waals surface area contributed by atoms with E-state index in [1.54, 1.807) is 5.56 Å². The molecule has 2 fully saturated rings. The highest BCUT2D eigenvalue weighted by molar-refractivity contribution is 14.0. The maximum atomic E-state index is 2.70. The third-order valence-electron chi connectivity index (χ3n) is 6.13. The van der Waals surface area contributed by atoms with Gasteiger partial charge in [0.15, 0.2) is 0 Å². The number of halogens is 1. The van der Waals surface area contributed by atoms with Crippen LogP contribution < -0.4 is 0 Å². The molecule has 1 nitrogen and oxygen atoms in total. The lowest BCUT2D eigenvalue weighted by molar-refractivity contribution is 0.215. The first-order valence-corrected chi connectivity index (χ1v) is 9.19. The fraction of sp³-hybridized carbons (Fsp3) is 0.455. The molecule has 2 unspecified atom stereocenters. The van der Waals surface area contributed by atoms with Crippen molar-refractivity contribution in [1.82, 2.24) is 4.90 Å². The molecule has 24 heavy (non-hydrogen) atoms. The summed E-state index contributed by atoms with van der Waals surface area (Å²) in [6.07, 6.45) is 6.89. The van der Waals surface area contributed by atoms with E-state index in [1.165, 1.54) is 50.8 Å². The largest absolute Gasteiger partial charge is 0.299 e. The van der Waals surface area contributed by atoms with E-state index >= 15 is 0 Å². The summed E-state index contributed by atoms with van der Waals surface area (Å²) in [7, 11) is 0. The summed E-state index contributed by atoms with van der Waals surface area (Å²) in [5.41, 5.74) is 3.51. The molecule has 0 bridgehead atoms. The molecular formula is C22H28IN. The van der Waals surface area contributed by atoms with E-state index < -0.39 is 0 Å². The second-order valence-electron chi connectivity index (χ2n) is 7.44. The van der Waals surface area contributed by atoms with Gasteiger partial charge in [0.1, 0.15) is 0 Å². The smallest absolute Gasteiger partial charge is 0.0233 e. The lowest BCUT2D eigenvalue weighted by atomic mass is 9.70. The SMILES string of the molecule is I.c1ccc(CN2CCCC3(c4ccccc4)CCCC3C2)cc1. The van der Waals surface area contributed by atoms with E-state index in [0.29, 0.717) is 5.41 Å². The molecule has 2 aliphatic rings. The number of nitrogens with zero attached hydrogens (tertiary/aromatic N) is 1. The van der Waals surface area contributed by atoms with Crippen molar-refractivity contribution in [2.24, 2.45) is 5.92 Å². The third-order valence-corrected chi connectivity index (χ3v) is 6.13. The molecule has 128 valence electrons. The van der Waals surface area contributed by atoms with Crippen LogP contribution in [0.15, 0.2) is 60.7 Å². The van der Waals surface area contributed by atoms with Crippen molar-refractivity contribution < 1.29 is 0 Å². The predicted octanol–water partition coefficient (Wildman–Crippen LogP) is 5.64. The first-order valence-electron chi connectivity index (χ1n) is 9.19. The van der Waals surface area contributed by atoms with Crippen molar-refractivity contribution in [1.29, 1.82) is 0 Å². The summed E-state index contributed by atoms with van der Waals surface area (Å²) in [5, 5.41) is 0. The topological polar surface area (TPSA) is 3.24 Å². The molecule has 2 heteroatoms. The van der Waals surface area contributed by atoms with Gasteiger partial charge in [-0.2, -0.15) is 0 Å². The van der Waals surface area contributed by atoms with Crippen LogP contribution in [-0.4, -0.2) is 18.0 Å². The maximum Gasteiger partial charge on any atom is 0.0233 e. The summed E-state index contributed by atoms with van der Waals surface area (Å²) < 4.78 is 0. The molecule has 0 aromatic heterocycles. The minimum absolute atomic E-state index is 0. The Bertz CT molecular complexity index is 627. The van der Waals surface area contributed by atoms with Crippen molar-refractivity contribution in [2.75, 3.05) is 13.1 Å². The van der Waals surface area contributed by atoms with Gasteiger partial charge in [0.2, 0.25) is 0 Å². The summed E-state index contributed by atoms with van der Waals surface area (Å²) in [6, 6.07) is 22.3. The van der Waals surface area contributed by atoms with Crippen molar-refractivity contribution >= 4 is 24.0 Å². The minimum atomic E-state index is 0. The normalized spacial score (nSPS) is 27.1. The minimum Gasteiger partial charge on any atom is -0.299 e. The average molecular weight is 433 g/mol. The number of fused-ring (bicyclic) bond motifs is 1. The van der Waals surface area contributed by atoms with E-state index in [1.807, 2.05) is 0 Å². The average Bonchev–Trinajstić information content (AvgIpc) is 2.92. The lowest BCUT2D eigenvalue weighted by Gasteiger charge is -2.36. The first-order chi connectivity index (χ1) is 11.4. The molecule has 0 radical (unpaired) electrons.